The van der Waals surface area contributed by atoms with Gasteiger partial charge in [0.2, 0.25) is 0 Å². The monoisotopic (exact) mass is 351 g/mol. The maximum atomic E-state index is 14.0. The van der Waals surface area contributed by atoms with E-state index in [0.29, 0.717) is 25.9 Å². The first-order valence-corrected chi connectivity index (χ1v) is 9.32. The zero-order valence-corrected chi connectivity index (χ0v) is 15.4. The van der Waals surface area contributed by atoms with Crippen molar-refractivity contribution < 1.29 is 4.39 Å². The molecule has 0 atom stereocenters. The van der Waals surface area contributed by atoms with Crippen molar-refractivity contribution in [3.63, 3.8) is 0 Å². The average Bonchev–Trinajstić information content (AvgIpc) is 2.69. The second-order valence-corrected chi connectivity index (χ2v) is 7.02. The molecule has 0 spiro atoms. The van der Waals surface area contributed by atoms with E-state index in [1.807, 2.05) is 12.1 Å². The fourth-order valence-electron chi connectivity index (χ4n) is 3.44. The summed E-state index contributed by atoms with van der Waals surface area (Å²) in [6.07, 6.45) is 0.616. The summed E-state index contributed by atoms with van der Waals surface area (Å²) in [5.41, 5.74) is 2.12. The highest BCUT2D eigenvalue weighted by Gasteiger charge is 2.34. The van der Waals surface area contributed by atoms with Crippen molar-refractivity contribution in [2.45, 2.75) is 38.5 Å². The Morgan fingerprint density at radius 1 is 1.04 bits per heavy atom. The molecule has 26 heavy (non-hydrogen) atoms. The second kappa shape index (κ2) is 8.33. The average molecular weight is 351 g/mol. The van der Waals surface area contributed by atoms with Gasteiger partial charge in [-0.25, -0.2) is 4.39 Å². The predicted octanol–water partition coefficient (Wildman–Crippen LogP) is 4.54. The van der Waals surface area contributed by atoms with Crippen molar-refractivity contribution in [2.24, 2.45) is 0 Å². The molecule has 0 aromatic heterocycles. The van der Waals surface area contributed by atoms with Crippen LogP contribution in [0.2, 0.25) is 0 Å². The summed E-state index contributed by atoms with van der Waals surface area (Å²) in [7, 11) is 0. The first-order valence-electron chi connectivity index (χ1n) is 9.32. The molecular weight excluding hydrogens is 325 g/mol. The van der Waals surface area contributed by atoms with E-state index >= 15 is 0 Å². The largest absolute Gasteiger partial charge is 0.367 e. The van der Waals surface area contributed by atoms with Crippen LogP contribution in [0.25, 0.3) is 0 Å². The van der Waals surface area contributed by atoms with Crippen LogP contribution < -0.4 is 4.90 Å². The van der Waals surface area contributed by atoms with Crippen LogP contribution in [0, 0.1) is 11.3 Å². The Kier molecular flexibility index (Phi) is 5.90. The fourth-order valence-corrected chi connectivity index (χ4v) is 3.44. The lowest BCUT2D eigenvalue weighted by Crippen LogP contribution is -2.40. The highest BCUT2D eigenvalue weighted by molar-refractivity contribution is 5.48. The third kappa shape index (κ3) is 4.62. The van der Waals surface area contributed by atoms with Gasteiger partial charge in [-0.15, -0.1) is 0 Å². The number of likely N-dealkylation sites (tertiary alicyclic amines) is 1. The lowest BCUT2D eigenvalue weighted by Gasteiger charge is -2.32. The number of hydrogen-bond donors (Lipinski definition) is 0. The van der Waals surface area contributed by atoms with Crippen molar-refractivity contribution in [2.75, 3.05) is 24.5 Å². The standard InChI is InChI=1S/C22H26FN3/c1-2-26(17-19-6-4-3-5-7-19)21-10-8-20(9-11-21)16-25-14-12-22(23,18-24)13-15-25/h3-11H,2,12-17H2,1H3. The minimum atomic E-state index is -1.63. The summed E-state index contributed by atoms with van der Waals surface area (Å²) in [5, 5.41) is 8.89. The number of piperidine rings is 1. The molecule has 0 bridgehead atoms. The molecule has 1 saturated heterocycles. The van der Waals surface area contributed by atoms with Gasteiger partial charge in [-0.3, -0.25) is 4.90 Å². The third-order valence-corrected chi connectivity index (χ3v) is 5.15. The Labute approximate surface area is 155 Å². The Morgan fingerprint density at radius 3 is 2.27 bits per heavy atom. The van der Waals surface area contributed by atoms with Gasteiger partial charge in [-0.2, -0.15) is 5.26 Å². The van der Waals surface area contributed by atoms with E-state index in [0.717, 1.165) is 19.6 Å². The van der Waals surface area contributed by atoms with Gasteiger partial charge in [0.25, 0.3) is 0 Å². The molecule has 4 heteroatoms. The van der Waals surface area contributed by atoms with E-state index < -0.39 is 5.67 Å². The van der Waals surface area contributed by atoms with E-state index in [-0.39, 0.29) is 0 Å². The van der Waals surface area contributed by atoms with Crippen LogP contribution in [-0.4, -0.2) is 30.2 Å². The number of hydrogen-bond acceptors (Lipinski definition) is 3. The molecule has 0 unspecified atom stereocenters. The molecular formula is C22H26FN3. The minimum absolute atomic E-state index is 0.308. The Bertz CT molecular complexity index is 728. The second-order valence-electron chi connectivity index (χ2n) is 7.02. The predicted molar refractivity (Wildman–Crippen MR) is 104 cm³/mol. The van der Waals surface area contributed by atoms with Crippen LogP contribution in [0.3, 0.4) is 0 Å². The lowest BCUT2D eigenvalue weighted by atomic mass is 9.95. The molecule has 0 radical (unpaired) electrons. The number of benzene rings is 2. The van der Waals surface area contributed by atoms with Gasteiger partial charge in [-0.05, 0) is 30.2 Å². The molecule has 2 aromatic rings. The zero-order valence-electron chi connectivity index (χ0n) is 15.4. The normalized spacial score (nSPS) is 16.8. The third-order valence-electron chi connectivity index (χ3n) is 5.15. The molecule has 0 N–H and O–H groups in total. The fraction of sp³-hybridized carbons (Fsp3) is 0.409. The number of alkyl halides is 1. The topological polar surface area (TPSA) is 30.3 Å². The van der Waals surface area contributed by atoms with Crippen molar-refractivity contribution in [1.82, 2.24) is 4.90 Å². The smallest absolute Gasteiger partial charge is 0.198 e. The molecule has 1 heterocycles. The summed E-state index contributed by atoms with van der Waals surface area (Å²) in [5.74, 6) is 0. The number of anilines is 1. The van der Waals surface area contributed by atoms with Crippen LogP contribution in [0.1, 0.15) is 30.9 Å². The quantitative estimate of drug-likeness (QED) is 0.765. The van der Waals surface area contributed by atoms with Gasteiger partial charge in [-0.1, -0.05) is 42.5 Å². The first-order chi connectivity index (χ1) is 12.6. The molecule has 3 rings (SSSR count). The summed E-state index contributed by atoms with van der Waals surface area (Å²) in [6.45, 7) is 6.11. The summed E-state index contributed by atoms with van der Waals surface area (Å²) in [4.78, 5) is 4.58. The molecule has 0 amide bonds. The number of nitrogens with zero attached hydrogens (tertiary/aromatic N) is 3. The molecule has 3 nitrogen and oxygen atoms in total. The minimum Gasteiger partial charge on any atom is -0.367 e. The van der Waals surface area contributed by atoms with Gasteiger partial charge in [0, 0.05) is 51.3 Å². The van der Waals surface area contributed by atoms with E-state index in [9.17, 15) is 4.39 Å². The van der Waals surface area contributed by atoms with Crippen LogP contribution in [0.4, 0.5) is 10.1 Å². The molecule has 1 aliphatic heterocycles. The van der Waals surface area contributed by atoms with Gasteiger partial charge >= 0.3 is 0 Å². The van der Waals surface area contributed by atoms with Gasteiger partial charge in [0.15, 0.2) is 5.67 Å². The summed E-state index contributed by atoms with van der Waals surface area (Å²) < 4.78 is 14.0. The Hall–Kier alpha value is -2.38. The first kappa shape index (κ1) is 18.4. The number of halogens is 1. The summed E-state index contributed by atoms with van der Waals surface area (Å²) in [6, 6.07) is 21.0. The van der Waals surface area contributed by atoms with E-state index in [1.165, 1.54) is 16.8 Å². The molecule has 1 fully saturated rings. The maximum Gasteiger partial charge on any atom is 0.198 e. The van der Waals surface area contributed by atoms with E-state index in [2.05, 4.69) is 65.3 Å². The summed E-state index contributed by atoms with van der Waals surface area (Å²) >= 11 is 0. The molecule has 0 saturated carbocycles. The maximum absolute atomic E-state index is 14.0. The van der Waals surface area contributed by atoms with Crippen LogP contribution in [-0.2, 0) is 13.1 Å². The van der Waals surface area contributed by atoms with Crippen molar-refractivity contribution in [1.29, 1.82) is 5.26 Å². The van der Waals surface area contributed by atoms with Gasteiger partial charge in [0.1, 0.15) is 6.07 Å². The molecule has 2 aromatic carbocycles. The molecule has 1 aliphatic rings. The molecule has 0 aliphatic carbocycles. The van der Waals surface area contributed by atoms with Crippen molar-refractivity contribution >= 4 is 5.69 Å². The van der Waals surface area contributed by atoms with E-state index in [4.69, 9.17) is 5.26 Å². The van der Waals surface area contributed by atoms with Crippen molar-refractivity contribution in [3.8, 4) is 6.07 Å². The molecule has 136 valence electrons. The zero-order chi connectivity index (χ0) is 18.4. The SMILES string of the molecule is CCN(Cc1ccccc1)c1ccc(CN2CCC(F)(C#N)CC2)cc1. The highest BCUT2D eigenvalue weighted by atomic mass is 19.1. The van der Waals surface area contributed by atoms with Gasteiger partial charge < -0.3 is 4.90 Å². The van der Waals surface area contributed by atoms with Crippen LogP contribution in [0.15, 0.2) is 54.6 Å². The Balaban J connectivity index is 1.58. The van der Waals surface area contributed by atoms with Crippen molar-refractivity contribution in [3.05, 3.63) is 65.7 Å². The number of rotatable bonds is 6. The lowest BCUT2D eigenvalue weighted by molar-refractivity contribution is 0.0984. The van der Waals surface area contributed by atoms with Crippen LogP contribution in [0.5, 0.6) is 0 Å². The van der Waals surface area contributed by atoms with Gasteiger partial charge in [0.05, 0.1) is 0 Å². The highest BCUT2D eigenvalue weighted by Crippen LogP contribution is 2.27. The van der Waals surface area contributed by atoms with Crippen LogP contribution >= 0.6 is 0 Å². The van der Waals surface area contributed by atoms with E-state index in [1.54, 1.807) is 0 Å². The Morgan fingerprint density at radius 2 is 1.69 bits per heavy atom. The number of nitriles is 1.